The van der Waals surface area contributed by atoms with Crippen LogP contribution in [0.3, 0.4) is 0 Å². The predicted molar refractivity (Wildman–Crippen MR) is 93.4 cm³/mol. The molecule has 124 valence electrons. The molecule has 0 aliphatic rings. The molecule has 2 aromatic rings. The van der Waals surface area contributed by atoms with E-state index in [1.807, 2.05) is 60.2 Å². The highest BCUT2D eigenvalue weighted by Gasteiger charge is 2.15. The molecule has 5 nitrogen and oxygen atoms in total. The van der Waals surface area contributed by atoms with E-state index in [-0.39, 0.29) is 11.4 Å². The highest BCUT2D eigenvalue weighted by atomic mass is 16.2. The molecule has 1 N–H and O–H groups in total. The zero-order valence-corrected chi connectivity index (χ0v) is 14.6. The summed E-state index contributed by atoms with van der Waals surface area (Å²) in [5, 5.41) is 7.30. The Kier molecular flexibility index (Phi) is 5.21. The number of hydrogen-bond donors (Lipinski definition) is 1. The molecule has 5 heteroatoms. The lowest BCUT2D eigenvalue weighted by Crippen LogP contribution is -2.29. The number of nitrogens with zero attached hydrogens (tertiary/aromatic N) is 3. The van der Waals surface area contributed by atoms with Crippen LogP contribution in [-0.2, 0) is 16.9 Å². The summed E-state index contributed by atoms with van der Waals surface area (Å²) in [4.78, 5) is 14.1. The van der Waals surface area contributed by atoms with Gasteiger partial charge in [-0.3, -0.25) is 14.4 Å². The van der Waals surface area contributed by atoms with Crippen molar-refractivity contribution in [3.8, 4) is 0 Å². The summed E-state index contributed by atoms with van der Waals surface area (Å²) in [7, 11) is 1.93. The fraction of sp³-hybridized carbons (Fsp3) is 0.444. The van der Waals surface area contributed by atoms with Gasteiger partial charge in [0.2, 0.25) is 5.91 Å². The van der Waals surface area contributed by atoms with Crippen LogP contribution in [0.5, 0.6) is 0 Å². The van der Waals surface area contributed by atoms with E-state index in [0.717, 1.165) is 11.3 Å². The van der Waals surface area contributed by atoms with Crippen molar-refractivity contribution >= 4 is 11.6 Å². The summed E-state index contributed by atoms with van der Waals surface area (Å²) < 4.78 is 1.95. The van der Waals surface area contributed by atoms with E-state index >= 15 is 0 Å². The lowest BCUT2D eigenvalue weighted by molar-refractivity contribution is -0.117. The fourth-order valence-electron chi connectivity index (χ4n) is 2.26. The fourth-order valence-corrected chi connectivity index (χ4v) is 2.26. The maximum Gasteiger partial charge on any atom is 0.238 e. The number of aromatic nitrogens is 2. The van der Waals surface area contributed by atoms with Gasteiger partial charge in [0.25, 0.3) is 0 Å². The monoisotopic (exact) mass is 314 g/mol. The second-order valence-corrected chi connectivity index (χ2v) is 7.05. The molecule has 1 amide bonds. The molecule has 23 heavy (non-hydrogen) atoms. The maximum atomic E-state index is 12.1. The average Bonchev–Trinajstić information content (AvgIpc) is 2.89. The van der Waals surface area contributed by atoms with Gasteiger partial charge in [0.1, 0.15) is 0 Å². The molecule has 0 unspecified atom stereocenters. The summed E-state index contributed by atoms with van der Waals surface area (Å²) in [5.41, 5.74) is 3.08. The third-order valence-electron chi connectivity index (χ3n) is 3.52. The zero-order chi connectivity index (χ0) is 17.0. The topological polar surface area (TPSA) is 50.2 Å². The van der Waals surface area contributed by atoms with Crippen LogP contribution in [0.25, 0.3) is 0 Å². The molecule has 1 heterocycles. The largest absolute Gasteiger partial charge is 0.325 e. The first-order valence-electron chi connectivity index (χ1n) is 7.83. The van der Waals surface area contributed by atoms with E-state index in [9.17, 15) is 4.79 Å². The number of benzene rings is 1. The number of rotatable bonds is 5. The lowest BCUT2D eigenvalue weighted by atomic mass is 10.1. The third kappa shape index (κ3) is 5.21. The average molecular weight is 314 g/mol. The molecule has 0 aliphatic carbocycles. The molecule has 1 aromatic carbocycles. The molecule has 0 saturated heterocycles. The molecule has 0 fully saturated rings. The standard InChI is InChI=1S/C18H26N4O/c1-14-6-8-16(9-7-14)20-17(23)13-21(5)11-15-10-19-22(12-15)18(2,3)4/h6-10,12H,11,13H2,1-5H3,(H,20,23). The second-order valence-electron chi connectivity index (χ2n) is 7.05. The summed E-state index contributed by atoms with van der Waals surface area (Å²) in [6, 6.07) is 7.81. The highest BCUT2D eigenvalue weighted by molar-refractivity contribution is 5.92. The second kappa shape index (κ2) is 6.96. The first kappa shape index (κ1) is 17.2. The van der Waals surface area contributed by atoms with Crippen molar-refractivity contribution in [3.63, 3.8) is 0 Å². The minimum atomic E-state index is -0.0281. The van der Waals surface area contributed by atoms with Gasteiger partial charge in [0.15, 0.2) is 0 Å². The minimum absolute atomic E-state index is 0.0143. The smallest absolute Gasteiger partial charge is 0.238 e. The van der Waals surface area contributed by atoms with E-state index in [1.165, 1.54) is 5.56 Å². The Bertz CT molecular complexity index is 652. The molecule has 0 saturated carbocycles. The Morgan fingerprint density at radius 3 is 2.48 bits per heavy atom. The molecule has 0 radical (unpaired) electrons. The number of anilines is 1. The first-order valence-corrected chi connectivity index (χ1v) is 7.83. The van der Waals surface area contributed by atoms with Gasteiger partial charge < -0.3 is 5.32 Å². The Morgan fingerprint density at radius 1 is 1.26 bits per heavy atom. The Hall–Kier alpha value is -2.14. The van der Waals surface area contributed by atoms with Crippen LogP contribution in [0, 0.1) is 6.92 Å². The van der Waals surface area contributed by atoms with Gasteiger partial charge in [-0.2, -0.15) is 5.10 Å². The number of carbonyl (C=O) groups excluding carboxylic acids is 1. The van der Waals surface area contributed by atoms with Crippen LogP contribution in [0.2, 0.25) is 0 Å². The number of aryl methyl sites for hydroxylation is 1. The molecule has 2 rings (SSSR count). The Morgan fingerprint density at radius 2 is 1.91 bits per heavy atom. The van der Waals surface area contributed by atoms with Gasteiger partial charge in [-0.25, -0.2) is 0 Å². The van der Waals surface area contributed by atoms with E-state index in [1.54, 1.807) is 0 Å². The van der Waals surface area contributed by atoms with Crippen molar-refractivity contribution in [2.45, 2.75) is 39.8 Å². The molecule has 0 bridgehead atoms. The maximum absolute atomic E-state index is 12.1. The van der Waals surface area contributed by atoms with Crippen LogP contribution in [0.4, 0.5) is 5.69 Å². The first-order chi connectivity index (χ1) is 10.7. The Balaban J connectivity index is 1.86. The number of carbonyl (C=O) groups is 1. The molecule has 0 atom stereocenters. The highest BCUT2D eigenvalue weighted by Crippen LogP contribution is 2.14. The van der Waals surface area contributed by atoms with Gasteiger partial charge in [-0.15, -0.1) is 0 Å². The number of hydrogen-bond acceptors (Lipinski definition) is 3. The van der Waals surface area contributed by atoms with Crippen molar-refractivity contribution in [1.29, 1.82) is 0 Å². The predicted octanol–water partition coefficient (Wildman–Crippen LogP) is 3.02. The van der Waals surface area contributed by atoms with Crippen molar-refractivity contribution in [1.82, 2.24) is 14.7 Å². The summed E-state index contributed by atoms with van der Waals surface area (Å²) >= 11 is 0. The molecule has 0 aliphatic heterocycles. The normalized spacial score (nSPS) is 11.7. The SMILES string of the molecule is Cc1ccc(NC(=O)CN(C)Cc2cnn(C(C)(C)C)c2)cc1. The van der Waals surface area contributed by atoms with Crippen LogP contribution in [-0.4, -0.2) is 34.2 Å². The van der Waals surface area contributed by atoms with Crippen molar-refractivity contribution in [3.05, 3.63) is 47.8 Å². The lowest BCUT2D eigenvalue weighted by Gasteiger charge is -2.19. The van der Waals surface area contributed by atoms with Gasteiger partial charge >= 0.3 is 0 Å². The number of nitrogens with one attached hydrogen (secondary N) is 1. The van der Waals surface area contributed by atoms with E-state index in [2.05, 4.69) is 31.2 Å². The van der Waals surface area contributed by atoms with E-state index in [0.29, 0.717) is 13.1 Å². The van der Waals surface area contributed by atoms with Crippen LogP contribution in [0.15, 0.2) is 36.7 Å². The summed E-state index contributed by atoms with van der Waals surface area (Å²) in [5.74, 6) is -0.0143. The van der Waals surface area contributed by atoms with Gasteiger partial charge in [-0.05, 0) is 46.9 Å². The number of likely N-dealkylation sites (N-methyl/N-ethyl adjacent to an activating group) is 1. The third-order valence-corrected chi connectivity index (χ3v) is 3.52. The van der Waals surface area contributed by atoms with E-state index in [4.69, 9.17) is 0 Å². The van der Waals surface area contributed by atoms with Crippen molar-refractivity contribution in [2.75, 3.05) is 18.9 Å². The molecular weight excluding hydrogens is 288 g/mol. The van der Waals surface area contributed by atoms with Crippen LogP contribution >= 0.6 is 0 Å². The van der Waals surface area contributed by atoms with Gasteiger partial charge in [-0.1, -0.05) is 17.7 Å². The van der Waals surface area contributed by atoms with E-state index < -0.39 is 0 Å². The van der Waals surface area contributed by atoms with Crippen molar-refractivity contribution < 1.29 is 4.79 Å². The van der Waals surface area contributed by atoms with Crippen LogP contribution < -0.4 is 5.32 Å². The summed E-state index contributed by atoms with van der Waals surface area (Å²) in [6.45, 7) is 9.40. The summed E-state index contributed by atoms with van der Waals surface area (Å²) in [6.07, 6.45) is 3.90. The zero-order valence-electron chi connectivity index (χ0n) is 14.6. The minimum Gasteiger partial charge on any atom is -0.325 e. The Labute approximate surface area is 138 Å². The van der Waals surface area contributed by atoms with Gasteiger partial charge in [0, 0.05) is 24.0 Å². The molecule has 1 aromatic heterocycles. The molecule has 0 spiro atoms. The quantitative estimate of drug-likeness (QED) is 0.923. The van der Waals surface area contributed by atoms with Gasteiger partial charge in [0.05, 0.1) is 18.3 Å². The van der Waals surface area contributed by atoms with Crippen LogP contribution in [0.1, 0.15) is 31.9 Å². The molecular formula is C18H26N4O. The van der Waals surface area contributed by atoms with Crippen molar-refractivity contribution in [2.24, 2.45) is 0 Å². The number of amides is 1.